The lowest BCUT2D eigenvalue weighted by atomic mass is 9.85. The summed E-state index contributed by atoms with van der Waals surface area (Å²) in [6.07, 6.45) is 6.78. The quantitative estimate of drug-likeness (QED) is 0.171. The summed E-state index contributed by atoms with van der Waals surface area (Å²) in [5, 5.41) is 3.34. The summed E-state index contributed by atoms with van der Waals surface area (Å²) in [5.41, 5.74) is 0.888. The molecule has 45 heavy (non-hydrogen) atoms. The number of amides is 2. The minimum atomic E-state index is -0.972. The van der Waals surface area contributed by atoms with Crippen molar-refractivity contribution in [3.8, 4) is 5.88 Å². The molecule has 0 unspecified atom stereocenters. The second-order valence-corrected chi connectivity index (χ2v) is 13.6. The Morgan fingerprint density at radius 2 is 1.91 bits per heavy atom. The van der Waals surface area contributed by atoms with Gasteiger partial charge in [-0.05, 0) is 73.6 Å². The average Bonchev–Trinajstić information content (AvgIpc) is 3.56. The lowest BCUT2D eigenvalue weighted by Gasteiger charge is -2.35. The van der Waals surface area contributed by atoms with Crippen LogP contribution in [-0.2, 0) is 19.1 Å². The number of carbonyl (C=O) groups excluding carboxylic acids is 3. The molecule has 2 aromatic rings. The van der Waals surface area contributed by atoms with Crippen LogP contribution in [0.5, 0.6) is 5.88 Å². The van der Waals surface area contributed by atoms with Crippen molar-refractivity contribution in [2.75, 3.05) is 13.7 Å². The van der Waals surface area contributed by atoms with Crippen molar-refractivity contribution >= 4 is 46.7 Å². The van der Waals surface area contributed by atoms with Crippen LogP contribution in [-0.4, -0.2) is 70.8 Å². The molecule has 11 heteroatoms. The summed E-state index contributed by atoms with van der Waals surface area (Å²) in [6, 6.07) is 3.26. The van der Waals surface area contributed by atoms with E-state index in [0.29, 0.717) is 27.7 Å². The van der Waals surface area contributed by atoms with Gasteiger partial charge in [-0.3, -0.25) is 4.79 Å². The molecule has 1 aliphatic heterocycles. The van der Waals surface area contributed by atoms with Gasteiger partial charge >= 0.3 is 12.1 Å². The van der Waals surface area contributed by atoms with E-state index >= 15 is 0 Å². The van der Waals surface area contributed by atoms with Crippen LogP contribution in [0.3, 0.4) is 0 Å². The standard InChI is InChI=1S/C34H45ClN4O6/c1-8-10-11-12-21-15-20(3)16-28(21)45-33(42)38-29(34(4,5)6)31(40)39-19-23(18-27(39)32(41)43-7)44-30-24(9-2)36-25-14-13-22(35)17-26(25)37-30/h8-9,13-14,17,20-21,23,27-29H,1-2,10-12,15-16,18-19H2,3-7H3,(H,38,42)/t20-,21-,23-,27+,28-,29-/m1/s1. The second kappa shape index (κ2) is 14.6. The maximum absolute atomic E-state index is 14.1. The number of aromatic nitrogens is 2. The van der Waals surface area contributed by atoms with Gasteiger partial charge in [-0.1, -0.05) is 52.0 Å². The van der Waals surface area contributed by atoms with E-state index in [0.717, 1.165) is 32.1 Å². The number of fused-ring (bicyclic) bond motifs is 1. The molecular formula is C34H45ClN4O6. The summed E-state index contributed by atoms with van der Waals surface area (Å²) >= 11 is 6.16. The molecule has 4 rings (SSSR count). The second-order valence-electron chi connectivity index (χ2n) is 13.2. The third kappa shape index (κ3) is 8.34. The van der Waals surface area contributed by atoms with Gasteiger partial charge in [0.05, 0.1) is 24.7 Å². The van der Waals surface area contributed by atoms with Crippen molar-refractivity contribution in [1.82, 2.24) is 20.2 Å². The maximum Gasteiger partial charge on any atom is 0.408 e. The zero-order valence-electron chi connectivity index (χ0n) is 26.9. The minimum Gasteiger partial charge on any atom is -0.471 e. The van der Waals surface area contributed by atoms with Gasteiger partial charge in [0, 0.05) is 11.4 Å². The smallest absolute Gasteiger partial charge is 0.408 e. The first-order valence-corrected chi connectivity index (χ1v) is 15.9. The van der Waals surface area contributed by atoms with Gasteiger partial charge in [-0.15, -0.1) is 6.58 Å². The number of likely N-dealkylation sites (tertiary alicyclic amines) is 1. The highest BCUT2D eigenvalue weighted by Gasteiger charge is 2.47. The van der Waals surface area contributed by atoms with Crippen LogP contribution in [0.15, 0.2) is 37.4 Å². The molecule has 2 fully saturated rings. The Hall–Kier alpha value is -3.66. The Morgan fingerprint density at radius 1 is 1.16 bits per heavy atom. The van der Waals surface area contributed by atoms with Crippen molar-refractivity contribution in [2.24, 2.45) is 17.3 Å². The molecule has 2 heterocycles. The molecule has 1 aromatic heterocycles. The number of hydrogen-bond acceptors (Lipinski definition) is 8. The van der Waals surface area contributed by atoms with Gasteiger partial charge in [-0.2, -0.15) is 0 Å². The number of allylic oxidation sites excluding steroid dienone is 1. The van der Waals surface area contributed by atoms with Gasteiger partial charge in [0.25, 0.3) is 0 Å². The van der Waals surface area contributed by atoms with E-state index in [2.05, 4.69) is 35.4 Å². The Morgan fingerprint density at radius 3 is 2.58 bits per heavy atom. The van der Waals surface area contributed by atoms with E-state index in [-0.39, 0.29) is 30.9 Å². The zero-order chi connectivity index (χ0) is 32.9. The molecule has 0 radical (unpaired) electrons. The molecule has 10 nitrogen and oxygen atoms in total. The fourth-order valence-corrected chi connectivity index (χ4v) is 6.48. The van der Waals surface area contributed by atoms with Crippen molar-refractivity contribution in [3.05, 3.63) is 48.1 Å². The monoisotopic (exact) mass is 640 g/mol. The van der Waals surface area contributed by atoms with Crippen LogP contribution in [0.2, 0.25) is 5.02 Å². The molecule has 0 spiro atoms. The Bertz CT molecular complexity index is 1430. The number of nitrogens with zero attached hydrogens (tertiary/aromatic N) is 3. The molecule has 1 aromatic carbocycles. The van der Waals surface area contributed by atoms with Crippen LogP contribution >= 0.6 is 11.6 Å². The molecule has 6 atom stereocenters. The van der Waals surface area contributed by atoms with Crippen molar-refractivity contribution < 1.29 is 28.6 Å². The molecule has 244 valence electrons. The van der Waals surface area contributed by atoms with Gasteiger partial charge < -0.3 is 24.4 Å². The van der Waals surface area contributed by atoms with E-state index in [9.17, 15) is 14.4 Å². The number of benzene rings is 1. The van der Waals surface area contributed by atoms with Crippen LogP contribution in [0.25, 0.3) is 17.1 Å². The first-order valence-electron chi connectivity index (χ1n) is 15.6. The average molecular weight is 641 g/mol. The third-order valence-electron chi connectivity index (χ3n) is 8.59. The van der Waals surface area contributed by atoms with Gasteiger partial charge in [-0.25, -0.2) is 19.6 Å². The number of nitrogens with one attached hydrogen (secondary N) is 1. The third-order valence-corrected chi connectivity index (χ3v) is 8.83. The van der Waals surface area contributed by atoms with E-state index in [1.165, 1.54) is 18.1 Å². The molecule has 2 amide bonds. The number of methoxy groups -OCH3 is 1. The van der Waals surface area contributed by atoms with E-state index < -0.39 is 41.6 Å². The number of alkyl carbamates (subject to hydrolysis) is 1. The first-order chi connectivity index (χ1) is 21.3. The molecule has 1 saturated heterocycles. The van der Waals surface area contributed by atoms with Crippen LogP contribution in [0.4, 0.5) is 4.79 Å². The number of rotatable bonds is 11. The normalized spacial score (nSPS) is 23.8. The summed E-state index contributed by atoms with van der Waals surface area (Å²) in [5.74, 6) is -0.0738. The number of unbranched alkanes of at least 4 members (excludes halogenated alkanes) is 1. The van der Waals surface area contributed by atoms with Gasteiger partial charge in [0.2, 0.25) is 11.8 Å². The molecule has 1 aliphatic carbocycles. The molecule has 1 N–H and O–H groups in total. The lowest BCUT2D eigenvalue weighted by molar-refractivity contribution is -0.152. The molecule has 2 aliphatic rings. The topological polar surface area (TPSA) is 120 Å². The highest BCUT2D eigenvalue weighted by molar-refractivity contribution is 6.31. The number of esters is 1. The zero-order valence-corrected chi connectivity index (χ0v) is 27.6. The predicted octanol–water partition coefficient (Wildman–Crippen LogP) is 6.36. The fourth-order valence-electron chi connectivity index (χ4n) is 6.32. The largest absolute Gasteiger partial charge is 0.471 e. The van der Waals surface area contributed by atoms with E-state index in [4.69, 9.17) is 25.8 Å². The number of ether oxygens (including phenoxy) is 3. The molecule has 0 bridgehead atoms. The predicted molar refractivity (Wildman–Crippen MR) is 174 cm³/mol. The number of carbonyl (C=O) groups is 3. The summed E-state index contributed by atoms with van der Waals surface area (Å²) in [7, 11) is 1.28. The SMILES string of the molecule is C=CCCC[C@@H]1C[C@@H](C)C[C@H]1OC(=O)N[C@H](C(=O)N1C[C@H](Oc2nc3cc(Cl)ccc3nc2C=C)C[C@H]1C(=O)OC)C(C)(C)C. The number of hydrogen-bond donors (Lipinski definition) is 1. The summed E-state index contributed by atoms with van der Waals surface area (Å²) in [4.78, 5) is 50.9. The Kier molecular flexibility index (Phi) is 11.1. The first kappa shape index (κ1) is 34.2. The molecule has 1 saturated carbocycles. The van der Waals surface area contributed by atoms with E-state index in [1.807, 2.05) is 26.8 Å². The van der Waals surface area contributed by atoms with Crippen LogP contribution in [0, 0.1) is 17.3 Å². The lowest BCUT2D eigenvalue weighted by Crippen LogP contribution is -2.57. The minimum absolute atomic E-state index is 0.0687. The Labute approximate surface area is 270 Å². The highest BCUT2D eigenvalue weighted by Crippen LogP contribution is 2.37. The Balaban J connectivity index is 1.51. The van der Waals surface area contributed by atoms with Gasteiger partial charge in [0.1, 0.15) is 30.0 Å². The van der Waals surface area contributed by atoms with Crippen LogP contribution < -0.4 is 10.1 Å². The van der Waals surface area contributed by atoms with Crippen molar-refractivity contribution in [3.63, 3.8) is 0 Å². The van der Waals surface area contributed by atoms with Gasteiger partial charge in [0.15, 0.2) is 0 Å². The number of halogens is 1. The van der Waals surface area contributed by atoms with Crippen molar-refractivity contribution in [2.45, 2.75) is 90.5 Å². The summed E-state index contributed by atoms with van der Waals surface area (Å²) in [6.45, 7) is 15.4. The highest BCUT2D eigenvalue weighted by atomic mass is 35.5. The maximum atomic E-state index is 14.1. The van der Waals surface area contributed by atoms with Crippen LogP contribution in [0.1, 0.15) is 71.9 Å². The summed E-state index contributed by atoms with van der Waals surface area (Å²) < 4.78 is 17.2. The fraction of sp³-hybridized carbons (Fsp3) is 0.559. The molecular weight excluding hydrogens is 596 g/mol. The van der Waals surface area contributed by atoms with E-state index in [1.54, 1.807) is 18.2 Å². The van der Waals surface area contributed by atoms with Crippen molar-refractivity contribution in [1.29, 1.82) is 0 Å².